The summed E-state index contributed by atoms with van der Waals surface area (Å²) in [4.78, 5) is 37.2. The molecule has 0 aliphatic heterocycles. The van der Waals surface area contributed by atoms with Gasteiger partial charge in [0.15, 0.2) is 0 Å². The number of nitrogens with one attached hydrogen (secondary N) is 1. The topological polar surface area (TPSA) is 75.7 Å². The lowest BCUT2D eigenvalue weighted by Gasteiger charge is -2.32. The molecule has 1 rings (SSSR count). The third kappa shape index (κ3) is 8.68. The molecule has 26 heavy (non-hydrogen) atoms. The molecule has 0 aromatic carbocycles. The fraction of sp³-hybridized carbons (Fsp3) is 0.850. The van der Waals surface area contributed by atoms with E-state index in [1.807, 2.05) is 0 Å². The van der Waals surface area contributed by atoms with Crippen molar-refractivity contribution in [3.8, 4) is 0 Å². The lowest BCUT2D eigenvalue weighted by atomic mass is 9.79. The highest BCUT2D eigenvalue weighted by atomic mass is 16.5. The second kappa shape index (κ2) is 12.7. The van der Waals surface area contributed by atoms with Crippen LogP contribution in [0.5, 0.6) is 0 Å². The maximum Gasteiger partial charge on any atom is 0.307 e. The van der Waals surface area contributed by atoms with Crippen molar-refractivity contribution in [3.05, 3.63) is 0 Å². The molecule has 0 heterocycles. The van der Waals surface area contributed by atoms with Crippen molar-refractivity contribution < 1.29 is 19.1 Å². The normalized spacial score (nSPS) is 19.7. The molecule has 0 unspecified atom stereocenters. The van der Waals surface area contributed by atoms with Crippen LogP contribution in [0.2, 0.25) is 0 Å². The van der Waals surface area contributed by atoms with Crippen molar-refractivity contribution in [2.24, 2.45) is 11.8 Å². The molecule has 2 amide bonds. The van der Waals surface area contributed by atoms with Crippen molar-refractivity contribution in [2.75, 3.05) is 26.7 Å². The van der Waals surface area contributed by atoms with Gasteiger partial charge in [-0.05, 0) is 38.0 Å². The summed E-state index contributed by atoms with van der Waals surface area (Å²) in [5.74, 6) is 0.634. The third-order valence-corrected chi connectivity index (χ3v) is 5.27. The Kier molecular flexibility index (Phi) is 11.0. The monoisotopic (exact) mass is 368 g/mol. The summed E-state index contributed by atoms with van der Waals surface area (Å²) in [6, 6.07) is 0. The maximum atomic E-state index is 12.9. The first-order valence-corrected chi connectivity index (χ1v) is 10.1. The lowest BCUT2D eigenvalue weighted by molar-refractivity contribution is -0.142. The van der Waals surface area contributed by atoms with E-state index in [0.717, 1.165) is 31.6 Å². The molecule has 6 nitrogen and oxygen atoms in total. The molecule has 0 bridgehead atoms. The first-order valence-electron chi connectivity index (χ1n) is 10.1. The molecule has 1 aliphatic carbocycles. The average Bonchev–Trinajstić information content (AvgIpc) is 2.65. The zero-order valence-electron chi connectivity index (χ0n) is 16.7. The van der Waals surface area contributed by atoms with E-state index < -0.39 is 0 Å². The van der Waals surface area contributed by atoms with Crippen LogP contribution in [0, 0.1) is 11.8 Å². The van der Waals surface area contributed by atoms with E-state index in [1.165, 1.54) is 33.3 Å². The molecule has 1 aliphatic rings. The van der Waals surface area contributed by atoms with Gasteiger partial charge in [0.05, 0.1) is 13.5 Å². The van der Waals surface area contributed by atoms with Crippen LogP contribution in [0.15, 0.2) is 0 Å². The lowest BCUT2D eigenvalue weighted by Crippen LogP contribution is -2.40. The molecule has 150 valence electrons. The molecule has 0 aromatic rings. The average molecular weight is 369 g/mol. The third-order valence-electron chi connectivity index (χ3n) is 5.27. The second-order valence-corrected chi connectivity index (χ2v) is 7.35. The van der Waals surface area contributed by atoms with Crippen molar-refractivity contribution >= 4 is 17.8 Å². The van der Waals surface area contributed by atoms with Gasteiger partial charge in [0, 0.05) is 32.5 Å². The number of carbonyl (C=O) groups excluding carboxylic acids is 3. The summed E-state index contributed by atoms with van der Waals surface area (Å²) in [6.07, 6.45) is 8.86. The minimum absolute atomic E-state index is 0.0668. The van der Waals surface area contributed by atoms with Gasteiger partial charge in [-0.15, -0.1) is 0 Å². The molecule has 0 aromatic heterocycles. The van der Waals surface area contributed by atoms with Gasteiger partial charge < -0.3 is 15.0 Å². The molecular weight excluding hydrogens is 332 g/mol. The number of ether oxygens (including phenoxy) is 1. The predicted octanol–water partition coefficient (Wildman–Crippen LogP) is 2.90. The summed E-state index contributed by atoms with van der Waals surface area (Å²) in [5.41, 5.74) is 0. The Morgan fingerprint density at radius 2 is 1.77 bits per heavy atom. The number of methoxy groups -OCH3 is 1. The van der Waals surface area contributed by atoms with Gasteiger partial charge in [-0.1, -0.05) is 26.2 Å². The van der Waals surface area contributed by atoms with Gasteiger partial charge in [-0.25, -0.2) is 0 Å². The van der Waals surface area contributed by atoms with Crippen LogP contribution in [-0.4, -0.2) is 49.4 Å². The minimum atomic E-state index is -0.298. The standard InChI is InChI=1S/C20H36N2O4/c1-4-5-7-17-8-10-18(11-9-17)20(25)22(15-12-19(24)26-3)14-6-13-21-16(2)23/h17-18H,4-15H2,1-3H3,(H,21,23). The highest BCUT2D eigenvalue weighted by Crippen LogP contribution is 2.33. The van der Waals surface area contributed by atoms with E-state index in [-0.39, 0.29) is 30.1 Å². The Labute approximate surface area is 158 Å². The number of nitrogens with zero attached hydrogens (tertiary/aromatic N) is 1. The van der Waals surface area contributed by atoms with Crippen molar-refractivity contribution in [1.29, 1.82) is 0 Å². The Morgan fingerprint density at radius 3 is 2.35 bits per heavy atom. The van der Waals surface area contributed by atoms with Gasteiger partial charge in [-0.3, -0.25) is 14.4 Å². The quantitative estimate of drug-likeness (QED) is 0.449. The fourth-order valence-corrected chi connectivity index (χ4v) is 3.64. The van der Waals surface area contributed by atoms with Gasteiger partial charge in [-0.2, -0.15) is 0 Å². The highest BCUT2D eigenvalue weighted by Gasteiger charge is 2.29. The van der Waals surface area contributed by atoms with Gasteiger partial charge in [0.25, 0.3) is 0 Å². The van der Waals surface area contributed by atoms with Crippen LogP contribution < -0.4 is 5.32 Å². The van der Waals surface area contributed by atoms with Gasteiger partial charge in [0.2, 0.25) is 11.8 Å². The van der Waals surface area contributed by atoms with E-state index in [4.69, 9.17) is 4.74 Å². The zero-order valence-corrected chi connectivity index (χ0v) is 16.7. The van der Waals surface area contributed by atoms with Gasteiger partial charge >= 0.3 is 5.97 Å². The smallest absolute Gasteiger partial charge is 0.307 e. The van der Waals surface area contributed by atoms with Crippen molar-refractivity contribution in [3.63, 3.8) is 0 Å². The predicted molar refractivity (Wildman–Crippen MR) is 101 cm³/mol. The summed E-state index contributed by atoms with van der Waals surface area (Å²) in [6.45, 7) is 5.20. The van der Waals surface area contributed by atoms with E-state index in [2.05, 4.69) is 12.2 Å². The Morgan fingerprint density at radius 1 is 1.08 bits per heavy atom. The van der Waals surface area contributed by atoms with Crippen LogP contribution in [0.4, 0.5) is 0 Å². The largest absolute Gasteiger partial charge is 0.469 e. The number of hydrogen-bond acceptors (Lipinski definition) is 4. The molecule has 0 spiro atoms. The summed E-state index contributed by atoms with van der Waals surface area (Å²) >= 11 is 0. The van der Waals surface area contributed by atoms with E-state index >= 15 is 0 Å². The molecule has 1 saturated carbocycles. The van der Waals surface area contributed by atoms with Crippen molar-refractivity contribution in [1.82, 2.24) is 10.2 Å². The molecule has 0 radical (unpaired) electrons. The van der Waals surface area contributed by atoms with Crippen LogP contribution in [-0.2, 0) is 19.1 Å². The Balaban J connectivity index is 2.50. The summed E-state index contributed by atoms with van der Waals surface area (Å²) in [5, 5.41) is 2.75. The number of rotatable bonds is 11. The van der Waals surface area contributed by atoms with Crippen LogP contribution in [0.25, 0.3) is 0 Å². The summed E-state index contributed by atoms with van der Waals surface area (Å²) in [7, 11) is 1.36. The Hall–Kier alpha value is -1.59. The molecular formula is C20H36N2O4. The molecule has 6 heteroatoms. The zero-order chi connectivity index (χ0) is 19.4. The number of amides is 2. The molecule has 0 saturated heterocycles. The number of unbranched alkanes of at least 4 members (excludes halogenated alkanes) is 1. The minimum Gasteiger partial charge on any atom is -0.469 e. The molecule has 1 N–H and O–H groups in total. The van der Waals surface area contributed by atoms with E-state index in [9.17, 15) is 14.4 Å². The van der Waals surface area contributed by atoms with Crippen molar-refractivity contribution in [2.45, 2.75) is 71.6 Å². The Bertz CT molecular complexity index is 445. The van der Waals surface area contributed by atoms with E-state index in [0.29, 0.717) is 26.1 Å². The number of carbonyl (C=O) groups is 3. The molecule has 1 fully saturated rings. The summed E-state index contributed by atoms with van der Waals surface area (Å²) < 4.78 is 4.70. The van der Waals surface area contributed by atoms with Crippen LogP contribution in [0.1, 0.15) is 71.6 Å². The first kappa shape index (κ1) is 22.5. The fourth-order valence-electron chi connectivity index (χ4n) is 3.64. The van der Waals surface area contributed by atoms with Crippen LogP contribution >= 0.6 is 0 Å². The maximum absolute atomic E-state index is 12.9. The first-order chi connectivity index (χ1) is 12.5. The molecule has 0 atom stereocenters. The highest BCUT2D eigenvalue weighted by molar-refractivity contribution is 5.79. The number of hydrogen-bond donors (Lipinski definition) is 1. The van der Waals surface area contributed by atoms with E-state index in [1.54, 1.807) is 4.90 Å². The van der Waals surface area contributed by atoms with Gasteiger partial charge in [0.1, 0.15) is 0 Å². The second-order valence-electron chi connectivity index (χ2n) is 7.35. The number of esters is 1. The SMILES string of the molecule is CCCCC1CCC(C(=O)N(CCCNC(C)=O)CCC(=O)OC)CC1. The van der Waals surface area contributed by atoms with Crippen LogP contribution in [0.3, 0.4) is 0 Å².